The molecule has 0 aliphatic carbocycles. The summed E-state index contributed by atoms with van der Waals surface area (Å²) < 4.78 is 5.56. The van der Waals surface area contributed by atoms with E-state index in [1.807, 2.05) is 45.0 Å². The Labute approximate surface area is 115 Å². The van der Waals surface area contributed by atoms with Crippen molar-refractivity contribution < 1.29 is 9.53 Å². The first-order valence-corrected chi connectivity index (χ1v) is 6.81. The van der Waals surface area contributed by atoms with Crippen LogP contribution in [0.3, 0.4) is 0 Å². The summed E-state index contributed by atoms with van der Waals surface area (Å²) >= 11 is 0. The SMILES string of the molecule is CCCC(N)C(=O)NCc1ccc(OC(C)C)cc1. The molecule has 0 aliphatic rings. The molecule has 1 amide bonds. The highest BCUT2D eigenvalue weighted by atomic mass is 16.5. The molecule has 1 rings (SSSR count). The Morgan fingerprint density at radius 1 is 1.32 bits per heavy atom. The fourth-order valence-corrected chi connectivity index (χ4v) is 1.72. The lowest BCUT2D eigenvalue weighted by Gasteiger charge is -2.12. The van der Waals surface area contributed by atoms with Crippen LogP contribution in [-0.2, 0) is 11.3 Å². The lowest BCUT2D eigenvalue weighted by molar-refractivity contribution is -0.122. The van der Waals surface area contributed by atoms with Crippen LogP contribution in [0.4, 0.5) is 0 Å². The van der Waals surface area contributed by atoms with Gasteiger partial charge in [-0.25, -0.2) is 0 Å². The van der Waals surface area contributed by atoms with Crippen LogP contribution in [-0.4, -0.2) is 18.1 Å². The van der Waals surface area contributed by atoms with Crippen LogP contribution < -0.4 is 15.8 Å². The number of ether oxygens (including phenoxy) is 1. The van der Waals surface area contributed by atoms with Crippen molar-refractivity contribution in [1.29, 1.82) is 0 Å². The molecule has 3 N–H and O–H groups in total. The van der Waals surface area contributed by atoms with E-state index in [2.05, 4.69) is 5.32 Å². The van der Waals surface area contributed by atoms with Crippen LogP contribution in [0.1, 0.15) is 39.2 Å². The van der Waals surface area contributed by atoms with Gasteiger partial charge in [0.15, 0.2) is 0 Å². The lowest BCUT2D eigenvalue weighted by atomic mass is 10.1. The smallest absolute Gasteiger partial charge is 0.237 e. The second-order valence-corrected chi connectivity index (χ2v) is 4.92. The summed E-state index contributed by atoms with van der Waals surface area (Å²) in [5.41, 5.74) is 6.77. The van der Waals surface area contributed by atoms with Crippen LogP contribution >= 0.6 is 0 Å². The molecule has 1 aromatic carbocycles. The minimum absolute atomic E-state index is 0.0932. The summed E-state index contributed by atoms with van der Waals surface area (Å²) in [6, 6.07) is 7.31. The van der Waals surface area contributed by atoms with Crippen LogP contribution in [0.25, 0.3) is 0 Å². The van der Waals surface area contributed by atoms with Gasteiger partial charge in [-0.3, -0.25) is 4.79 Å². The summed E-state index contributed by atoms with van der Waals surface area (Å²) in [4.78, 5) is 11.7. The maximum atomic E-state index is 11.7. The molecule has 4 nitrogen and oxygen atoms in total. The van der Waals surface area contributed by atoms with E-state index in [-0.39, 0.29) is 12.0 Å². The summed E-state index contributed by atoms with van der Waals surface area (Å²) in [6.07, 6.45) is 1.79. The maximum Gasteiger partial charge on any atom is 0.237 e. The van der Waals surface area contributed by atoms with E-state index in [9.17, 15) is 4.79 Å². The van der Waals surface area contributed by atoms with E-state index in [0.717, 1.165) is 17.7 Å². The highest BCUT2D eigenvalue weighted by Gasteiger charge is 2.11. The predicted octanol–water partition coefficient (Wildman–Crippen LogP) is 2.22. The standard InChI is InChI=1S/C15H24N2O2/c1-4-5-14(16)15(18)17-10-12-6-8-13(9-7-12)19-11(2)3/h6-9,11,14H,4-5,10,16H2,1-3H3,(H,17,18). The predicted molar refractivity (Wildman–Crippen MR) is 76.9 cm³/mol. The largest absolute Gasteiger partial charge is 0.491 e. The van der Waals surface area contributed by atoms with Gasteiger partial charge in [0.2, 0.25) is 5.91 Å². The molecule has 1 aromatic rings. The van der Waals surface area contributed by atoms with Crippen molar-refractivity contribution in [2.75, 3.05) is 0 Å². The Bertz CT molecular complexity index is 388. The molecule has 0 saturated carbocycles. The zero-order valence-electron chi connectivity index (χ0n) is 12.0. The van der Waals surface area contributed by atoms with E-state index in [1.54, 1.807) is 0 Å². The van der Waals surface area contributed by atoms with Crippen molar-refractivity contribution in [1.82, 2.24) is 5.32 Å². The van der Waals surface area contributed by atoms with Crippen molar-refractivity contribution in [3.05, 3.63) is 29.8 Å². The van der Waals surface area contributed by atoms with E-state index >= 15 is 0 Å². The van der Waals surface area contributed by atoms with Gasteiger partial charge in [-0.15, -0.1) is 0 Å². The van der Waals surface area contributed by atoms with Gasteiger partial charge in [-0.2, -0.15) is 0 Å². The normalized spacial score (nSPS) is 12.3. The molecule has 19 heavy (non-hydrogen) atoms. The molecule has 0 bridgehead atoms. The van der Waals surface area contributed by atoms with Gasteiger partial charge in [0, 0.05) is 6.54 Å². The van der Waals surface area contributed by atoms with Crippen molar-refractivity contribution >= 4 is 5.91 Å². The molecule has 0 fully saturated rings. The molecule has 0 aliphatic heterocycles. The summed E-state index contributed by atoms with van der Waals surface area (Å²) in [7, 11) is 0. The third-order valence-corrected chi connectivity index (χ3v) is 2.70. The second-order valence-electron chi connectivity index (χ2n) is 4.92. The lowest BCUT2D eigenvalue weighted by Crippen LogP contribution is -2.40. The molecule has 0 aromatic heterocycles. The molecule has 1 unspecified atom stereocenters. The highest BCUT2D eigenvalue weighted by Crippen LogP contribution is 2.13. The molecule has 0 spiro atoms. The third kappa shape index (κ3) is 5.75. The van der Waals surface area contributed by atoms with Crippen molar-refractivity contribution in [3.8, 4) is 5.75 Å². The number of rotatable bonds is 7. The van der Waals surface area contributed by atoms with Gasteiger partial charge in [0.25, 0.3) is 0 Å². The molecule has 0 radical (unpaired) electrons. The van der Waals surface area contributed by atoms with Crippen molar-refractivity contribution in [2.45, 2.75) is 52.3 Å². The van der Waals surface area contributed by atoms with E-state index in [0.29, 0.717) is 13.0 Å². The average Bonchev–Trinajstić information content (AvgIpc) is 2.37. The Balaban J connectivity index is 2.43. The van der Waals surface area contributed by atoms with E-state index < -0.39 is 6.04 Å². The fraction of sp³-hybridized carbons (Fsp3) is 0.533. The molecule has 0 heterocycles. The second kappa shape index (κ2) is 7.79. The quantitative estimate of drug-likeness (QED) is 0.793. The number of nitrogens with one attached hydrogen (secondary N) is 1. The van der Waals surface area contributed by atoms with Gasteiger partial charge in [0.05, 0.1) is 12.1 Å². The van der Waals surface area contributed by atoms with Crippen molar-refractivity contribution in [3.63, 3.8) is 0 Å². The summed E-state index contributed by atoms with van der Waals surface area (Å²) in [5.74, 6) is 0.747. The number of hydrogen-bond acceptors (Lipinski definition) is 3. The first-order chi connectivity index (χ1) is 9.02. The van der Waals surface area contributed by atoms with E-state index in [1.165, 1.54) is 0 Å². The molecule has 0 saturated heterocycles. The first kappa shape index (κ1) is 15.5. The van der Waals surface area contributed by atoms with Gasteiger partial charge < -0.3 is 15.8 Å². The van der Waals surface area contributed by atoms with Crippen LogP contribution in [0.2, 0.25) is 0 Å². The summed E-state index contributed by atoms with van der Waals surface area (Å²) in [5, 5.41) is 2.84. The van der Waals surface area contributed by atoms with Gasteiger partial charge in [0.1, 0.15) is 5.75 Å². The Morgan fingerprint density at radius 3 is 2.47 bits per heavy atom. The first-order valence-electron chi connectivity index (χ1n) is 6.81. The molecule has 106 valence electrons. The van der Waals surface area contributed by atoms with Gasteiger partial charge in [-0.05, 0) is 38.0 Å². The van der Waals surface area contributed by atoms with Crippen LogP contribution in [0.5, 0.6) is 5.75 Å². The number of amides is 1. The number of benzene rings is 1. The monoisotopic (exact) mass is 264 g/mol. The zero-order chi connectivity index (χ0) is 14.3. The number of nitrogens with two attached hydrogens (primary N) is 1. The van der Waals surface area contributed by atoms with Gasteiger partial charge >= 0.3 is 0 Å². The molecule has 1 atom stereocenters. The number of carbonyl (C=O) groups is 1. The summed E-state index contributed by atoms with van der Waals surface area (Å²) in [6.45, 7) is 6.49. The topological polar surface area (TPSA) is 64.4 Å². The minimum atomic E-state index is -0.409. The third-order valence-electron chi connectivity index (χ3n) is 2.70. The number of hydrogen-bond donors (Lipinski definition) is 2. The molecular weight excluding hydrogens is 240 g/mol. The average molecular weight is 264 g/mol. The Morgan fingerprint density at radius 2 is 1.95 bits per heavy atom. The van der Waals surface area contributed by atoms with Crippen LogP contribution in [0.15, 0.2) is 24.3 Å². The Hall–Kier alpha value is -1.55. The van der Waals surface area contributed by atoms with Crippen molar-refractivity contribution in [2.24, 2.45) is 5.73 Å². The van der Waals surface area contributed by atoms with E-state index in [4.69, 9.17) is 10.5 Å². The highest BCUT2D eigenvalue weighted by molar-refractivity contribution is 5.81. The number of carbonyl (C=O) groups excluding carboxylic acids is 1. The van der Waals surface area contributed by atoms with Crippen LogP contribution in [0, 0.1) is 0 Å². The Kier molecular flexibility index (Phi) is 6.36. The fourth-order valence-electron chi connectivity index (χ4n) is 1.72. The minimum Gasteiger partial charge on any atom is -0.491 e. The molecule has 4 heteroatoms. The van der Waals surface area contributed by atoms with Gasteiger partial charge in [-0.1, -0.05) is 25.5 Å². The maximum absolute atomic E-state index is 11.7. The molecular formula is C15H24N2O2. The zero-order valence-corrected chi connectivity index (χ0v) is 12.0.